The molecule has 0 bridgehead atoms. The summed E-state index contributed by atoms with van der Waals surface area (Å²) in [6, 6.07) is 0.471. The van der Waals surface area contributed by atoms with Gasteiger partial charge in [0, 0.05) is 18.0 Å². The standard InChI is InChI=1S/C15H30N2/c1-7-11-12-14(16-13-8-2)15(5,6)17(9-3)10-4/h1,14,16H,8-13H2,2-6H3. The quantitative estimate of drug-likeness (QED) is 0.621. The van der Waals surface area contributed by atoms with Gasteiger partial charge in [0.25, 0.3) is 0 Å². The molecule has 1 unspecified atom stereocenters. The van der Waals surface area contributed by atoms with Crippen LogP contribution in [-0.2, 0) is 0 Å². The highest BCUT2D eigenvalue weighted by Gasteiger charge is 2.32. The summed E-state index contributed by atoms with van der Waals surface area (Å²) < 4.78 is 0. The first-order valence-corrected chi connectivity index (χ1v) is 6.96. The molecule has 2 heteroatoms. The van der Waals surface area contributed by atoms with E-state index in [9.17, 15) is 0 Å². The number of rotatable bonds is 9. The monoisotopic (exact) mass is 238 g/mol. The van der Waals surface area contributed by atoms with Crippen molar-refractivity contribution in [3.63, 3.8) is 0 Å². The fourth-order valence-electron chi connectivity index (χ4n) is 2.51. The fraction of sp³-hybridized carbons (Fsp3) is 0.867. The van der Waals surface area contributed by atoms with Crippen LogP contribution in [0.1, 0.15) is 53.9 Å². The van der Waals surface area contributed by atoms with Gasteiger partial charge in [-0.25, -0.2) is 0 Å². The highest BCUT2D eigenvalue weighted by atomic mass is 15.2. The molecular formula is C15H30N2. The maximum atomic E-state index is 5.40. The Labute approximate surface area is 108 Å². The van der Waals surface area contributed by atoms with Crippen LogP contribution in [0.25, 0.3) is 0 Å². The number of likely N-dealkylation sites (N-methyl/N-ethyl adjacent to an activating group) is 1. The van der Waals surface area contributed by atoms with Crippen molar-refractivity contribution >= 4 is 0 Å². The van der Waals surface area contributed by atoms with Crippen molar-refractivity contribution in [2.45, 2.75) is 65.5 Å². The Morgan fingerprint density at radius 3 is 2.24 bits per heavy atom. The summed E-state index contributed by atoms with van der Waals surface area (Å²) >= 11 is 0. The molecule has 0 radical (unpaired) electrons. The highest BCUT2D eigenvalue weighted by Crippen LogP contribution is 2.22. The molecule has 0 heterocycles. The highest BCUT2D eigenvalue weighted by molar-refractivity contribution is 4.96. The number of nitrogens with one attached hydrogen (secondary N) is 1. The maximum Gasteiger partial charge on any atom is 0.0306 e. The first kappa shape index (κ1) is 16.5. The molecule has 0 fully saturated rings. The second kappa shape index (κ2) is 8.55. The van der Waals surface area contributed by atoms with E-state index in [-0.39, 0.29) is 5.54 Å². The number of terminal acetylenes is 1. The van der Waals surface area contributed by atoms with Crippen LogP contribution in [0.2, 0.25) is 0 Å². The summed E-state index contributed by atoms with van der Waals surface area (Å²) in [6.07, 6.45) is 8.47. The number of hydrogen-bond donors (Lipinski definition) is 1. The first-order chi connectivity index (χ1) is 8.04. The van der Waals surface area contributed by atoms with Crippen molar-refractivity contribution < 1.29 is 0 Å². The summed E-state index contributed by atoms with van der Waals surface area (Å²) in [4.78, 5) is 2.51. The van der Waals surface area contributed by atoms with Crippen molar-refractivity contribution in [2.75, 3.05) is 19.6 Å². The Morgan fingerprint density at radius 2 is 1.82 bits per heavy atom. The van der Waals surface area contributed by atoms with Crippen LogP contribution in [0.15, 0.2) is 0 Å². The Balaban J connectivity index is 4.66. The van der Waals surface area contributed by atoms with Crippen LogP contribution in [0.3, 0.4) is 0 Å². The topological polar surface area (TPSA) is 15.3 Å². The van der Waals surface area contributed by atoms with Gasteiger partial charge in [-0.05, 0) is 46.3 Å². The van der Waals surface area contributed by atoms with Crippen LogP contribution in [0.4, 0.5) is 0 Å². The molecule has 0 aliphatic heterocycles. The minimum absolute atomic E-state index is 0.162. The maximum absolute atomic E-state index is 5.40. The molecular weight excluding hydrogens is 208 g/mol. The van der Waals surface area contributed by atoms with Gasteiger partial charge in [-0.15, -0.1) is 12.3 Å². The van der Waals surface area contributed by atoms with E-state index < -0.39 is 0 Å². The Morgan fingerprint density at radius 1 is 1.24 bits per heavy atom. The van der Waals surface area contributed by atoms with Crippen molar-refractivity contribution in [1.82, 2.24) is 10.2 Å². The van der Waals surface area contributed by atoms with Crippen LogP contribution < -0.4 is 5.32 Å². The van der Waals surface area contributed by atoms with Crippen molar-refractivity contribution in [3.05, 3.63) is 0 Å². The molecule has 0 spiro atoms. The SMILES string of the molecule is C#CCCC(NCCC)C(C)(C)N(CC)CC. The van der Waals surface area contributed by atoms with Gasteiger partial charge in [-0.1, -0.05) is 20.8 Å². The number of hydrogen-bond acceptors (Lipinski definition) is 2. The summed E-state index contributed by atoms with van der Waals surface area (Å²) in [7, 11) is 0. The van der Waals surface area contributed by atoms with Gasteiger partial charge in [0.05, 0.1) is 0 Å². The lowest BCUT2D eigenvalue weighted by molar-refractivity contribution is 0.0881. The first-order valence-electron chi connectivity index (χ1n) is 6.96. The summed E-state index contributed by atoms with van der Waals surface area (Å²) in [5.74, 6) is 2.76. The third kappa shape index (κ3) is 5.10. The van der Waals surface area contributed by atoms with Crippen molar-refractivity contribution in [1.29, 1.82) is 0 Å². The van der Waals surface area contributed by atoms with Gasteiger partial charge in [0.2, 0.25) is 0 Å². The Bertz CT molecular complexity index is 224. The van der Waals surface area contributed by atoms with E-state index in [1.807, 2.05) is 0 Å². The minimum Gasteiger partial charge on any atom is -0.312 e. The Hall–Kier alpha value is -0.520. The predicted molar refractivity (Wildman–Crippen MR) is 77.1 cm³/mol. The van der Waals surface area contributed by atoms with Crippen molar-refractivity contribution in [3.8, 4) is 12.3 Å². The van der Waals surface area contributed by atoms with Gasteiger partial charge in [0.15, 0.2) is 0 Å². The van der Waals surface area contributed by atoms with Gasteiger partial charge >= 0.3 is 0 Å². The van der Waals surface area contributed by atoms with E-state index in [2.05, 4.69) is 50.8 Å². The lowest BCUT2D eigenvalue weighted by atomic mass is 9.88. The zero-order valence-electron chi connectivity index (χ0n) is 12.3. The second-order valence-corrected chi connectivity index (χ2v) is 5.08. The third-order valence-corrected chi connectivity index (χ3v) is 3.65. The molecule has 0 aromatic rings. The molecule has 1 atom stereocenters. The predicted octanol–water partition coefficient (Wildman–Crippen LogP) is 2.89. The molecule has 0 aromatic carbocycles. The van der Waals surface area contributed by atoms with Crippen LogP contribution in [0.5, 0.6) is 0 Å². The zero-order chi connectivity index (χ0) is 13.3. The molecule has 100 valence electrons. The van der Waals surface area contributed by atoms with E-state index in [1.165, 1.54) is 6.42 Å². The Kier molecular flexibility index (Phi) is 8.29. The van der Waals surface area contributed by atoms with Crippen LogP contribution in [-0.4, -0.2) is 36.1 Å². The summed E-state index contributed by atoms with van der Waals surface area (Å²) in [6.45, 7) is 14.5. The lowest BCUT2D eigenvalue weighted by Gasteiger charge is -2.44. The minimum atomic E-state index is 0.162. The number of nitrogens with zero attached hydrogens (tertiary/aromatic N) is 1. The van der Waals surface area contributed by atoms with Crippen LogP contribution in [0, 0.1) is 12.3 Å². The molecule has 17 heavy (non-hydrogen) atoms. The zero-order valence-corrected chi connectivity index (χ0v) is 12.3. The smallest absolute Gasteiger partial charge is 0.0306 e. The van der Waals surface area contributed by atoms with Crippen LogP contribution >= 0.6 is 0 Å². The van der Waals surface area contributed by atoms with Crippen molar-refractivity contribution in [2.24, 2.45) is 0 Å². The van der Waals surface area contributed by atoms with E-state index in [4.69, 9.17) is 6.42 Å². The molecule has 2 nitrogen and oxygen atoms in total. The van der Waals surface area contributed by atoms with E-state index in [0.717, 1.165) is 32.5 Å². The van der Waals surface area contributed by atoms with E-state index in [0.29, 0.717) is 6.04 Å². The fourth-order valence-corrected chi connectivity index (χ4v) is 2.51. The average Bonchev–Trinajstić information content (AvgIpc) is 2.30. The van der Waals surface area contributed by atoms with Gasteiger partial charge in [-0.3, -0.25) is 4.90 Å². The van der Waals surface area contributed by atoms with E-state index >= 15 is 0 Å². The second-order valence-electron chi connectivity index (χ2n) is 5.08. The molecule has 0 saturated heterocycles. The summed E-state index contributed by atoms with van der Waals surface area (Å²) in [5.41, 5.74) is 0.162. The largest absolute Gasteiger partial charge is 0.312 e. The molecule has 0 aromatic heterocycles. The average molecular weight is 238 g/mol. The van der Waals surface area contributed by atoms with Gasteiger partial charge in [-0.2, -0.15) is 0 Å². The van der Waals surface area contributed by atoms with Gasteiger partial charge < -0.3 is 5.32 Å². The van der Waals surface area contributed by atoms with E-state index in [1.54, 1.807) is 0 Å². The normalized spacial score (nSPS) is 13.7. The molecule has 0 saturated carbocycles. The molecule has 1 N–H and O–H groups in total. The molecule has 0 aliphatic rings. The molecule has 0 amide bonds. The lowest BCUT2D eigenvalue weighted by Crippen LogP contribution is -2.57. The molecule has 0 aliphatic carbocycles. The van der Waals surface area contributed by atoms with Gasteiger partial charge in [0.1, 0.15) is 0 Å². The summed E-state index contributed by atoms with van der Waals surface area (Å²) in [5, 5.41) is 3.66. The molecule has 0 rings (SSSR count). The third-order valence-electron chi connectivity index (χ3n) is 3.65.